The lowest BCUT2D eigenvalue weighted by atomic mass is 9.91. The molecule has 0 saturated heterocycles. The van der Waals surface area contributed by atoms with Crippen molar-refractivity contribution >= 4 is 66.0 Å². The van der Waals surface area contributed by atoms with Crippen LogP contribution in [0.15, 0.2) is 148 Å². The summed E-state index contributed by atoms with van der Waals surface area (Å²) in [5.74, 6) is 0. The Kier molecular flexibility index (Phi) is 5.02. The van der Waals surface area contributed by atoms with Gasteiger partial charge >= 0.3 is 0 Å². The van der Waals surface area contributed by atoms with Gasteiger partial charge in [-0.3, -0.25) is 0 Å². The molecule has 0 spiro atoms. The first kappa shape index (κ1) is 24.4. The van der Waals surface area contributed by atoms with Gasteiger partial charge in [0.15, 0.2) is 0 Å². The molecule has 2 aromatic heterocycles. The highest BCUT2D eigenvalue weighted by atomic mass is 16.3. The minimum atomic E-state index is 0.0624. The van der Waals surface area contributed by atoms with Crippen LogP contribution in [0.2, 0.25) is 0 Å². The molecule has 9 aromatic rings. The van der Waals surface area contributed by atoms with Gasteiger partial charge in [0, 0.05) is 21.5 Å². The normalized spacial score (nSPS) is 14.4. The van der Waals surface area contributed by atoms with Crippen molar-refractivity contribution in [2.45, 2.75) is 6.17 Å². The van der Waals surface area contributed by atoms with Gasteiger partial charge in [0.05, 0.1) is 11.4 Å². The van der Waals surface area contributed by atoms with Crippen LogP contribution in [0, 0.1) is 0 Å². The average molecular weight is 579 g/mol. The van der Waals surface area contributed by atoms with E-state index in [0.29, 0.717) is 0 Å². The first-order valence-electron chi connectivity index (χ1n) is 15.3. The van der Waals surface area contributed by atoms with Gasteiger partial charge in [-0.15, -0.1) is 0 Å². The van der Waals surface area contributed by atoms with Crippen molar-refractivity contribution in [3.63, 3.8) is 0 Å². The number of anilines is 2. The number of hydrogen-bond donors (Lipinski definition) is 2. The Labute approximate surface area is 258 Å². The van der Waals surface area contributed by atoms with Crippen LogP contribution >= 0.6 is 0 Å². The predicted molar refractivity (Wildman–Crippen MR) is 186 cm³/mol. The molecule has 212 valence electrons. The van der Waals surface area contributed by atoms with Crippen LogP contribution in [0.1, 0.15) is 11.7 Å². The number of benzene rings is 7. The summed E-state index contributed by atoms with van der Waals surface area (Å²) in [5.41, 5.74) is 11.7. The van der Waals surface area contributed by atoms with Crippen LogP contribution in [0.5, 0.6) is 0 Å². The maximum absolute atomic E-state index is 6.35. The zero-order chi connectivity index (χ0) is 29.5. The summed E-state index contributed by atoms with van der Waals surface area (Å²) in [6.45, 7) is 0. The predicted octanol–water partition coefficient (Wildman–Crippen LogP) is 11.5. The van der Waals surface area contributed by atoms with Gasteiger partial charge in [-0.05, 0) is 81.1 Å². The van der Waals surface area contributed by atoms with E-state index in [1.165, 1.54) is 33.0 Å². The Hall–Kier alpha value is -6.00. The minimum Gasteiger partial charge on any atom is -0.456 e. The first-order chi connectivity index (χ1) is 22.3. The van der Waals surface area contributed by atoms with E-state index >= 15 is 0 Å². The Morgan fingerprint density at radius 2 is 0.933 bits per heavy atom. The van der Waals surface area contributed by atoms with E-state index < -0.39 is 0 Å². The van der Waals surface area contributed by atoms with Gasteiger partial charge in [0.2, 0.25) is 0 Å². The van der Waals surface area contributed by atoms with E-state index in [1.54, 1.807) is 0 Å². The number of furan rings is 2. The van der Waals surface area contributed by atoms with Crippen molar-refractivity contribution in [1.82, 2.24) is 0 Å². The van der Waals surface area contributed by atoms with E-state index in [9.17, 15) is 0 Å². The second-order valence-corrected chi connectivity index (χ2v) is 11.9. The lowest BCUT2D eigenvalue weighted by Crippen LogP contribution is -2.11. The number of hydrogen-bond acceptors (Lipinski definition) is 4. The van der Waals surface area contributed by atoms with Crippen molar-refractivity contribution in [2.75, 3.05) is 10.6 Å². The molecule has 45 heavy (non-hydrogen) atoms. The van der Waals surface area contributed by atoms with Crippen LogP contribution in [0.25, 0.3) is 76.9 Å². The number of rotatable bonds is 3. The molecule has 1 aliphatic heterocycles. The lowest BCUT2D eigenvalue weighted by Gasteiger charge is -2.13. The lowest BCUT2D eigenvalue weighted by molar-refractivity contribution is 0.664. The Bertz CT molecular complexity index is 2610. The van der Waals surface area contributed by atoms with Crippen molar-refractivity contribution in [3.8, 4) is 22.3 Å². The Morgan fingerprint density at radius 1 is 0.378 bits per heavy atom. The minimum absolute atomic E-state index is 0.0624. The van der Waals surface area contributed by atoms with Gasteiger partial charge in [0.1, 0.15) is 28.5 Å². The van der Waals surface area contributed by atoms with Crippen LogP contribution < -0.4 is 10.6 Å². The number of fused-ring (bicyclic) bond motifs is 8. The maximum Gasteiger partial charge on any atom is 0.136 e. The summed E-state index contributed by atoms with van der Waals surface area (Å²) in [5, 5.41) is 14.1. The molecule has 1 unspecified atom stereocenters. The molecule has 2 N–H and O–H groups in total. The SMILES string of the molecule is c1ccc(C2Nc3ccc(-c4ccc(-c5ccc6oc7cc8c(cc7c6c5)oc5ccccc58)c5ccccc45)cc3N2)cc1. The van der Waals surface area contributed by atoms with Crippen LogP contribution in [-0.2, 0) is 0 Å². The fourth-order valence-electron chi connectivity index (χ4n) is 7.08. The monoisotopic (exact) mass is 578 g/mol. The summed E-state index contributed by atoms with van der Waals surface area (Å²) in [4.78, 5) is 0. The molecular weight excluding hydrogens is 552 g/mol. The molecule has 0 bridgehead atoms. The van der Waals surface area contributed by atoms with Crippen LogP contribution in [0.4, 0.5) is 11.4 Å². The van der Waals surface area contributed by atoms with Gasteiger partial charge < -0.3 is 19.5 Å². The number of nitrogens with one attached hydrogen (secondary N) is 2. The third kappa shape index (κ3) is 3.72. The maximum atomic E-state index is 6.35. The molecule has 4 heteroatoms. The van der Waals surface area contributed by atoms with Crippen molar-refractivity contribution in [3.05, 3.63) is 145 Å². The van der Waals surface area contributed by atoms with E-state index in [4.69, 9.17) is 8.83 Å². The van der Waals surface area contributed by atoms with Gasteiger partial charge in [-0.25, -0.2) is 0 Å². The zero-order valence-electron chi connectivity index (χ0n) is 24.2. The summed E-state index contributed by atoms with van der Waals surface area (Å²) in [6, 6.07) is 49.3. The summed E-state index contributed by atoms with van der Waals surface area (Å²) >= 11 is 0. The van der Waals surface area contributed by atoms with E-state index in [-0.39, 0.29) is 6.17 Å². The number of para-hydroxylation sites is 1. The Morgan fingerprint density at radius 3 is 1.69 bits per heavy atom. The van der Waals surface area contributed by atoms with Gasteiger partial charge in [-0.2, -0.15) is 0 Å². The van der Waals surface area contributed by atoms with Crippen molar-refractivity contribution in [2.24, 2.45) is 0 Å². The molecule has 0 radical (unpaired) electrons. The smallest absolute Gasteiger partial charge is 0.136 e. The van der Waals surface area contributed by atoms with Crippen LogP contribution in [-0.4, -0.2) is 0 Å². The molecule has 3 heterocycles. The third-order valence-electron chi connectivity index (χ3n) is 9.27. The van der Waals surface area contributed by atoms with E-state index in [1.807, 2.05) is 24.3 Å². The Balaban J connectivity index is 1.08. The van der Waals surface area contributed by atoms with E-state index in [2.05, 4.69) is 126 Å². The molecule has 1 aliphatic rings. The highest BCUT2D eigenvalue weighted by molar-refractivity contribution is 6.16. The van der Waals surface area contributed by atoms with Gasteiger partial charge in [0.25, 0.3) is 0 Å². The fraction of sp³-hybridized carbons (Fsp3) is 0.0244. The third-order valence-corrected chi connectivity index (χ3v) is 9.27. The summed E-state index contributed by atoms with van der Waals surface area (Å²) in [7, 11) is 0. The zero-order valence-corrected chi connectivity index (χ0v) is 24.2. The summed E-state index contributed by atoms with van der Waals surface area (Å²) < 4.78 is 12.6. The molecule has 0 amide bonds. The highest BCUT2D eigenvalue weighted by Crippen LogP contribution is 2.43. The molecule has 0 saturated carbocycles. The quantitative estimate of drug-likeness (QED) is 0.219. The van der Waals surface area contributed by atoms with Crippen LogP contribution in [0.3, 0.4) is 0 Å². The molecule has 0 aliphatic carbocycles. The molecule has 7 aromatic carbocycles. The topological polar surface area (TPSA) is 50.3 Å². The molecule has 1 atom stereocenters. The first-order valence-corrected chi connectivity index (χ1v) is 15.3. The van der Waals surface area contributed by atoms with Gasteiger partial charge in [-0.1, -0.05) is 97.1 Å². The molecule has 0 fully saturated rings. The second kappa shape index (κ2) is 9.25. The second-order valence-electron chi connectivity index (χ2n) is 11.9. The molecule has 4 nitrogen and oxygen atoms in total. The fourth-order valence-corrected chi connectivity index (χ4v) is 7.08. The molecular formula is C41H26N2O2. The molecule has 10 rings (SSSR count). The average Bonchev–Trinajstić information content (AvgIpc) is 3.79. The summed E-state index contributed by atoms with van der Waals surface area (Å²) in [6.07, 6.45) is 0.0624. The highest BCUT2D eigenvalue weighted by Gasteiger charge is 2.22. The van der Waals surface area contributed by atoms with E-state index in [0.717, 1.165) is 60.8 Å². The standard InChI is InChI=1S/C41H26N2O2/c1-2-8-24(9-3-1)41-42-35-18-14-26(21-36(35)43-41)28-17-16-27(29-10-4-5-11-30(28)29)25-15-19-38-32(20-25)34-23-39-33(22-40(34)45-38)31-12-6-7-13-37(31)44-39/h1-23,41-43H. The van der Waals surface area contributed by atoms with Crippen molar-refractivity contribution < 1.29 is 8.83 Å². The largest absolute Gasteiger partial charge is 0.456 e. The van der Waals surface area contributed by atoms with Crippen molar-refractivity contribution in [1.29, 1.82) is 0 Å².